The van der Waals surface area contributed by atoms with Gasteiger partial charge in [0.2, 0.25) is 0 Å². The Bertz CT molecular complexity index is 30.7. The third-order valence-corrected chi connectivity index (χ3v) is 0.111. The Kier molecular flexibility index (Phi) is 98.3. The molecule has 0 spiro atoms. The molecule has 0 fully saturated rings. The topological polar surface area (TPSA) is 0 Å². The molecule has 2 unspecified atom stereocenters. The summed E-state index contributed by atoms with van der Waals surface area (Å²) in [6, 6.07) is 0. The minimum absolute atomic E-state index is 0. The van der Waals surface area contributed by atoms with Gasteiger partial charge < -0.3 is 25.3 Å². The van der Waals surface area contributed by atoms with Gasteiger partial charge in [0.15, 0.2) is 0 Å². The van der Waals surface area contributed by atoms with Crippen LogP contribution in [0, 0.1) is 13.2 Å². The molecular formula is C4H11IrP2. The monoisotopic (exact) mass is 314 g/mol. The molecule has 0 rings (SSSR count). The summed E-state index contributed by atoms with van der Waals surface area (Å²) in [5.41, 5.74) is 0. The molecule has 2 atom stereocenters. The maximum absolute atomic E-state index is 4.72. The van der Waals surface area contributed by atoms with Crippen molar-refractivity contribution in [3.8, 4) is 0 Å². The Hall–Kier alpha value is 0.989. The van der Waals surface area contributed by atoms with Gasteiger partial charge in [-0.1, -0.05) is 0 Å². The summed E-state index contributed by atoms with van der Waals surface area (Å²) >= 11 is 0. The normalized spacial score (nSPS) is 2.86. The molecule has 3 heteroatoms. The SMILES string of the molecule is P.P.[CH-]=CC=[CH-].[IrH+2]. The molecule has 0 saturated carbocycles. The number of allylic oxidation sites excluding steroid dienone is 2. The van der Waals surface area contributed by atoms with Crippen LogP contribution in [0.25, 0.3) is 0 Å². The van der Waals surface area contributed by atoms with Crippen LogP contribution in [0.1, 0.15) is 0 Å². The standard InChI is InChI=1S/C4H4.Ir.2H3P.H/c1-3-4-2;;;;/h1-4H;;2*1H3;/q-2;+2;;;. The molecule has 0 aliphatic heterocycles. The van der Waals surface area contributed by atoms with E-state index in [1.165, 1.54) is 12.2 Å². The van der Waals surface area contributed by atoms with Crippen molar-refractivity contribution in [2.24, 2.45) is 0 Å². The number of hydrogen-bond donors (Lipinski definition) is 0. The van der Waals surface area contributed by atoms with E-state index in [0.29, 0.717) is 0 Å². The average molecular weight is 313 g/mol. The maximum atomic E-state index is 4.72. The van der Waals surface area contributed by atoms with E-state index in [0.717, 1.165) is 0 Å². The van der Waals surface area contributed by atoms with Gasteiger partial charge in [0.25, 0.3) is 0 Å². The summed E-state index contributed by atoms with van der Waals surface area (Å²) in [5, 5.41) is 0. The van der Waals surface area contributed by atoms with Crippen LogP contribution in [0.15, 0.2) is 12.2 Å². The molecule has 0 amide bonds. The van der Waals surface area contributed by atoms with Crippen molar-refractivity contribution in [3.05, 3.63) is 25.3 Å². The number of hydrogen-bond acceptors (Lipinski definition) is 0. The van der Waals surface area contributed by atoms with Gasteiger partial charge in [-0.25, -0.2) is 0 Å². The Morgan fingerprint density at radius 2 is 1.00 bits per heavy atom. The fraction of sp³-hybridized carbons (Fsp3) is 0. The molecule has 0 nitrogen and oxygen atoms in total. The summed E-state index contributed by atoms with van der Waals surface area (Å²) in [6.07, 6.45) is 2.56. The predicted molar refractivity (Wildman–Crippen MR) is 41.3 cm³/mol. The summed E-state index contributed by atoms with van der Waals surface area (Å²) in [5.74, 6) is 0. The Balaban J connectivity index is -0.0000000150. The second-order valence-corrected chi connectivity index (χ2v) is 0.385. The van der Waals surface area contributed by atoms with Gasteiger partial charge in [-0.15, -0.1) is 0 Å². The van der Waals surface area contributed by atoms with Crippen LogP contribution >= 0.6 is 19.8 Å². The zero-order valence-electron chi connectivity index (χ0n) is 4.08. The fourth-order valence-electron chi connectivity index (χ4n) is 0. The van der Waals surface area contributed by atoms with Crippen molar-refractivity contribution >= 4 is 19.8 Å². The van der Waals surface area contributed by atoms with Crippen molar-refractivity contribution in [2.45, 2.75) is 0 Å². The third-order valence-electron chi connectivity index (χ3n) is 0.111. The molecule has 0 saturated heterocycles. The summed E-state index contributed by atoms with van der Waals surface area (Å²) in [7, 11) is 0. The van der Waals surface area contributed by atoms with Crippen LogP contribution in [0.3, 0.4) is 0 Å². The molecule has 0 aromatic rings. The molecule has 0 N–H and O–H groups in total. The van der Waals surface area contributed by atoms with Crippen LogP contribution in [-0.2, 0) is 20.1 Å². The second-order valence-electron chi connectivity index (χ2n) is 0.385. The van der Waals surface area contributed by atoms with Gasteiger partial charge in [-0.2, -0.15) is 19.8 Å². The van der Waals surface area contributed by atoms with Gasteiger partial charge in [0, 0.05) is 0 Å². The minimum atomic E-state index is 0. The molecule has 0 heterocycles. The summed E-state index contributed by atoms with van der Waals surface area (Å²) in [4.78, 5) is 0. The zero-order chi connectivity index (χ0) is 3.41. The first-order chi connectivity index (χ1) is 1.91. The molecule has 7 heavy (non-hydrogen) atoms. The Morgan fingerprint density at radius 1 is 0.857 bits per heavy atom. The van der Waals surface area contributed by atoms with Crippen molar-refractivity contribution in [1.82, 2.24) is 0 Å². The predicted octanol–water partition coefficient (Wildman–Crippen LogP) is 0.811. The van der Waals surface area contributed by atoms with Crippen LogP contribution in [0.5, 0.6) is 0 Å². The molecule has 0 bridgehead atoms. The van der Waals surface area contributed by atoms with E-state index < -0.39 is 0 Å². The van der Waals surface area contributed by atoms with Crippen LogP contribution in [0.4, 0.5) is 0 Å². The Morgan fingerprint density at radius 3 is 1.00 bits per heavy atom. The molecular weight excluding hydrogens is 302 g/mol. The van der Waals surface area contributed by atoms with Gasteiger partial charge in [-0.3, -0.25) is 0 Å². The zero-order valence-corrected chi connectivity index (χ0v) is 9.45. The van der Waals surface area contributed by atoms with Crippen molar-refractivity contribution < 1.29 is 20.1 Å². The van der Waals surface area contributed by atoms with Crippen molar-refractivity contribution in [1.29, 1.82) is 0 Å². The van der Waals surface area contributed by atoms with E-state index >= 15 is 0 Å². The van der Waals surface area contributed by atoms with Gasteiger partial charge in [0.1, 0.15) is 0 Å². The van der Waals surface area contributed by atoms with Crippen LogP contribution in [-0.4, -0.2) is 0 Å². The van der Waals surface area contributed by atoms with E-state index in [2.05, 4.69) is 0 Å². The summed E-state index contributed by atoms with van der Waals surface area (Å²) < 4.78 is 0. The van der Waals surface area contributed by atoms with E-state index in [1.54, 1.807) is 0 Å². The van der Waals surface area contributed by atoms with Crippen LogP contribution < -0.4 is 0 Å². The third kappa shape index (κ3) is 44.0. The quantitative estimate of drug-likeness (QED) is 0.382. The molecule has 46 valence electrons. The first-order valence-corrected chi connectivity index (χ1v) is 1.00. The van der Waals surface area contributed by atoms with E-state index in [9.17, 15) is 0 Å². The average Bonchev–Trinajstić information content (AvgIpc) is 1.37. The second kappa shape index (κ2) is 28.1. The van der Waals surface area contributed by atoms with Gasteiger partial charge in [0.05, 0.1) is 0 Å². The van der Waals surface area contributed by atoms with E-state index in [1.807, 2.05) is 0 Å². The van der Waals surface area contributed by atoms with E-state index in [4.69, 9.17) is 13.2 Å². The molecule has 0 aromatic carbocycles. The van der Waals surface area contributed by atoms with Gasteiger partial charge >= 0.3 is 20.1 Å². The molecule has 1 radical (unpaired) electrons. The molecule has 0 aliphatic carbocycles. The molecule has 0 aliphatic rings. The first kappa shape index (κ1) is 24.5. The van der Waals surface area contributed by atoms with Gasteiger partial charge in [-0.05, 0) is 0 Å². The Labute approximate surface area is 65.4 Å². The van der Waals surface area contributed by atoms with Crippen molar-refractivity contribution in [2.75, 3.05) is 0 Å². The first-order valence-electron chi connectivity index (χ1n) is 1.00. The van der Waals surface area contributed by atoms with Crippen molar-refractivity contribution in [3.63, 3.8) is 0 Å². The fourth-order valence-corrected chi connectivity index (χ4v) is 0. The van der Waals surface area contributed by atoms with E-state index in [-0.39, 0.29) is 39.9 Å². The molecule has 0 aromatic heterocycles. The summed E-state index contributed by atoms with van der Waals surface area (Å²) in [6.45, 7) is 9.44. The van der Waals surface area contributed by atoms with Crippen LogP contribution in [0.2, 0.25) is 0 Å². The number of rotatable bonds is 1.